The van der Waals surface area contributed by atoms with Crippen molar-refractivity contribution in [1.82, 2.24) is 15.2 Å². The number of rotatable bonds is 5. The maximum atomic E-state index is 12.6. The zero-order valence-electron chi connectivity index (χ0n) is 18.8. The number of likely N-dealkylation sites (tertiary alicyclic amines) is 1. The Labute approximate surface area is 190 Å². The molecule has 3 heterocycles. The lowest BCUT2D eigenvalue weighted by molar-refractivity contribution is 0.0945. The predicted molar refractivity (Wildman–Crippen MR) is 127 cm³/mol. The van der Waals surface area contributed by atoms with Gasteiger partial charge in [0.05, 0.1) is 6.10 Å². The van der Waals surface area contributed by atoms with E-state index in [1.54, 1.807) is 12.3 Å². The van der Waals surface area contributed by atoms with Crippen LogP contribution in [0.3, 0.4) is 0 Å². The van der Waals surface area contributed by atoms with Gasteiger partial charge in [0.1, 0.15) is 5.82 Å². The Morgan fingerprint density at radius 2 is 2.00 bits per heavy atom. The minimum Gasteiger partial charge on any atom is -0.391 e. The van der Waals surface area contributed by atoms with Gasteiger partial charge in [-0.15, -0.1) is 0 Å². The van der Waals surface area contributed by atoms with Crippen molar-refractivity contribution < 1.29 is 9.90 Å². The highest BCUT2D eigenvalue weighted by Crippen LogP contribution is 2.19. The lowest BCUT2D eigenvalue weighted by Crippen LogP contribution is -2.39. The smallest absolute Gasteiger partial charge is 0.251 e. The average Bonchev–Trinajstić information content (AvgIpc) is 3.26. The third-order valence-electron chi connectivity index (χ3n) is 6.35. The standard InChI is InChI=1S/C26H32N4O2/c1-20-4-2-3-5-22(20)7-6-21-9-14-29(15-10-21)17-13-28-26(32)23-8-12-27-25(18-23)30-16-11-24(31)19-30/h2-5,8,12,18,21,24,31H,9-11,13-17,19H2,1H3,(H,28,32). The van der Waals surface area contributed by atoms with Gasteiger partial charge in [-0.2, -0.15) is 0 Å². The molecule has 0 radical (unpaired) electrons. The van der Waals surface area contributed by atoms with Crippen LogP contribution < -0.4 is 10.2 Å². The molecule has 2 aliphatic heterocycles. The number of aliphatic hydroxyl groups is 1. The maximum Gasteiger partial charge on any atom is 0.251 e. The molecule has 6 nitrogen and oxygen atoms in total. The molecule has 6 heteroatoms. The van der Waals surface area contributed by atoms with Gasteiger partial charge < -0.3 is 20.2 Å². The zero-order chi connectivity index (χ0) is 22.3. The molecule has 0 bridgehead atoms. The highest BCUT2D eigenvalue weighted by molar-refractivity contribution is 5.94. The van der Waals surface area contributed by atoms with Crippen molar-refractivity contribution in [2.75, 3.05) is 44.2 Å². The summed E-state index contributed by atoms with van der Waals surface area (Å²) in [5.74, 6) is 7.93. The second-order valence-electron chi connectivity index (χ2n) is 8.75. The first kappa shape index (κ1) is 22.3. The maximum absolute atomic E-state index is 12.6. The van der Waals surface area contributed by atoms with Crippen molar-refractivity contribution in [2.45, 2.75) is 32.3 Å². The van der Waals surface area contributed by atoms with Gasteiger partial charge in [-0.3, -0.25) is 4.79 Å². The molecule has 2 fully saturated rings. The fourth-order valence-corrected chi connectivity index (χ4v) is 4.31. The number of aromatic nitrogens is 1. The van der Waals surface area contributed by atoms with Crippen LogP contribution in [0.5, 0.6) is 0 Å². The second kappa shape index (κ2) is 10.6. The lowest BCUT2D eigenvalue weighted by Gasteiger charge is -2.29. The fourth-order valence-electron chi connectivity index (χ4n) is 4.31. The Hall–Kier alpha value is -2.88. The number of β-amino-alcohol motifs (C(OH)–C–C–N with tert-alkyl or cyclic N) is 1. The number of hydrogen-bond acceptors (Lipinski definition) is 5. The summed E-state index contributed by atoms with van der Waals surface area (Å²) < 4.78 is 0. The summed E-state index contributed by atoms with van der Waals surface area (Å²) in [4.78, 5) is 21.3. The Morgan fingerprint density at radius 1 is 1.19 bits per heavy atom. The topological polar surface area (TPSA) is 68.7 Å². The Kier molecular flexibility index (Phi) is 7.41. The van der Waals surface area contributed by atoms with Crippen molar-refractivity contribution in [1.29, 1.82) is 0 Å². The Morgan fingerprint density at radius 3 is 2.75 bits per heavy atom. The van der Waals surface area contributed by atoms with Gasteiger partial charge in [0.2, 0.25) is 0 Å². The number of pyridine rings is 1. The van der Waals surface area contributed by atoms with E-state index in [-0.39, 0.29) is 12.0 Å². The van der Waals surface area contributed by atoms with E-state index in [1.807, 2.05) is 23.1 Å². The first-order valence-electron chi connectivity index (χ1n) is 11.6. The van der Waals surface area contributed by atoms with Gasteiger partial charge >= 0.3 is 0 Å². The monoisotopic (exact) mass is 432 g/mol. The first-order chi connectivity index (χ1) is 15.6. The zero-order valence-corrected chi connectivity index (χ0v) is 18.8. The molecule has 0 aliphatic carbocycles. The summed E-state index contributed by atoms with van der Waals surface area (Å²) in [5.41, 5.74) is 2.96. The van der Waals surface area contributed by atoms with Crippen molar-refractivity contribution in [3.8, 4) is 11.8 Å². The number of nitrogens with zero attached hydrogens (tertiary/aromatic N) is 3. The normalized spacial score (nSPS) is 19.4. The number of aryl methyl sites for hydroxylation is 1. The van der Waals surface area contributed by atoms with Crippen LogP contribution in [0.1, 0.15) is 40.7 Å². The molecule has 1 amide bonds. The number of aliphatic hydroxyl groups excluding tert-OH is 1. The van der Waals surface area contributed by atoms with Crippen molar-refractivity contribution in [3.63, 3.8) is 0 Å². The van der Waals surface area contributed by atoms with Gasteiger partial charge in [-0.1, -0.05) is 30.0 Å². The van der Waals surface area contributed by atoms with E-state index in [9.17, 15) is 9.90 Å². The van der Waals surface area contributed by atoms with E-state index in [1.165, 1.54) is 5.56 Å². The van der Waals surface area contributed by atoms with Crippen LogP contribution in [0.15, 0.2) is 42.6 Å². The number of carbonyl (C=O) groups excluding carboxylic acids is 1. The van der Waals surface area contributed by atoms with Gasteiger partial charge in [0.25, 0.3) is 5.91 Å². The molecule has 1 aromatic carbocycles. The van der Waals surface area contributed by atoms with E-state index in [0.29, 0.717) is 24.6 Å². The Balaban J connectivity index is 1.20. The van der Waals surface area contributed by atoms with Crippen LogP contribution in [-0.2, 0) is 0 Å². The number of carbonyl (C=O) groups is 1. The number of hydrogen-bond donors (Lipinski definition) is 2. The molecule has 2 aromatic rings. The molecule has 168 valence electrons. The Bertz CT molecular complexity index is 989. The van der Waals surface area contributed by atoms with Crippen LogP contribution in [0, 0.1) is 24.7 Å². The second-order valence-corrected chi connectivity index (χ2v) is 8.75. The van der Waals surface area contributed by atoms with Crippen LogP contribution in [0.4, 0.5) is 5.82 Å². The van der Waals surface area contributed by atoms with Crippen LogP contribution in [0.2, 0.25) is 0 Å². The van der Waals surface area contributed by atoms with Gasteiger partial charge in [-0.05, 0) is 63.0 Å². The van der Waals surface area contributed by atoms with E-state index in [2.05, 4.69) is 46.1 Å². The molecular formula is C26H32N4O2. The fraction of sp³-hybridized carbons (Fsp3) is 0.462. The molecule has 2 N–H and O–H groups in total. The average molecular weight is 433 g/mol. The molecule has 4 rings (SSSR count). The van der Waals surface area contributed by atoms with Crippen LogP contribution in [0.25, 0.3) is 0 Å². The summed E-state index contributed by atoms with van der Waals surface area (Å²) in [5, 5.41) is 12.8. The van der Waals surface area contributed by atoms with Gasteiger partial charge in [0.15, 0.2) is 0 Å². The van der Waals surface area contributed by atoms with Crippen LogP contribution in [-0.4, -0.2) is 66.3 Å². The first-order valence-corrected chi connectivity index (χ1v) is 11.6. The van der Waals surface area contributed by atoms with Crippen molar-refractivity contribution in [3.05, 3.63) is 59.3 Å². The predicted octanol–water partition coefficient (Wildman–Crippen LogP) is 2.45. The summed E-state index contributed by atoms with van der Waals surface area (Å²) in [6.07, 6.45) is 4.24. The van der Waals surface area contributed by atoms with Gasteiger partial charge in [-0.25, -0.2) is 4.98 Å². The number of benzene rings is 1. The molecule has 2 saturated heterocycles. The van der Waals surface area contributed by atoms with Crippen molar-refractivity contribution in [2.24, 2.45) is 5.92 Å². The molecular weight excluding hydrogens is 400 g/mol. The molecule has 1 aromatic heterocycles. The molecule has 0 saturated carbocycles. The molecule has 1 unspecified atom stereocenters. The summed E-state index contributed by atoms with van der Waals surface area (Å²) in [6.45, 7) is 6.94. The largest absolute Gasteiger partial charge is 0.391 e. The summed E-state index contributed by atoms with van der Waals surface area (Å²) >= 11 is 0. The van der Waals surface area contributed by atoms with Gasteiger partial charge in [0, 0.05) is 49.4 Å². The minimum absolute atomic E-state index is 0.0765. The third kappa shape index (κ3) is 5.87. The van der Waals surface area contributed by atoms with E-state index < -0.39 is 0 Å². The van der Waals surface area contributed by atoms with E-state index in [4.69, 9.17) is 0 Å². The third-order valence-corrected chi connectivity index (χ3v) is 6.35. The molecule has 32 heavy (non-hydrogen) atoms. The number of amides is 1. The number of anilines is 1. The summed E-state index contributed by atoms with van der Waals surface area (Å²) in [6, 6.07) is 11.8. The molecule has 1 atom stereocenters. The summed E-state index contributed by atoms with van der Waals surface area (Å²) in [7, 11) is 0. The quantitative estimate of drug-likeness (QED) is 0.711. The van der Waals surface area contributed by atoms with Crippen LogP contribution >= 0.6 is 0 Å². The van der Waals surface area contributed by atoms with E-state index in [0.717, 1.165) is 56.8 Å². The number of piperidine rings is 1. The SMILES string of the molecule is Cc1ccccc1C#CC1CCN(CCNC(=O)c2ccnc(N3CCC(O)C3)c2)CC1. The lowest BCUT2D eigenvalue weighted by atomic mass is 9.96. The van der Waals surface area contributed by atoms with E-state index >= 15 is 0 Å². The number of nitrogens with one attached hydrogen (secondary N) is 1. The molecule has 0 spiro atoms. The molecule has 2 aliphatic rings. The highest BCUT2D eigenvalue weighted by Gasteiger charge is 2.22. The van der Waals surface area contributed by atoms with Crippen molar-refractivity contribution >= 4 is 11.7 Å². The highest BCUT2D eigenvalue weighted by atomic mass is 16.3. The minimum atomic E-state index is -0.313.